The van der Waals surface area contributed by atoms with Crippen LogP contribution in [-0.2, 0) is 0 Å². The lowest BCUT2D eigenvalue weighted by Gasteiger charge is -2.37. The third kappa shape index (κ3) is 3.01. The van der Waals surface area contributed by atoms with Crippen LogP contribution in [0.25, 0.3) is 10.9 Å². The number of nitrogens with one attached hydrogen (secondary N) is 1. The van der Waals surface area contributed by atoms with Crippen molar-refractivity contribution in [2.75, 3.05) is 26.2 Å². The number of rotatable bonds is 3. The zero-order chi connectivity index (χ0) is 18.1. The number of nitrogens with zero attached hydrogens (tertiary/aromatic N) is 3. The highest BCUT2D eigenvalue weighted by Gasteiger charge is 2.27. The Morgan fingerprint density at radius 1 is 1.15 bits per heavy atom. The lowest BCUT2D eigenvalue weighted by Crippen LogP contribution is -2.49. The maximum atomic E-state index is 12.4. The molecule has 3 aromatic rings. The van der Waals surface area contributed by atoms with Gasteiger partial charge in [-0.15, -0.1) is 0 Å². The zero-order valence-corrected chi connectivity index (χ0v) is 14.5. The van der Waals surface area contributed by atoms with Crippen LogP contribution in [0.15, 0.2) is 51.9 Å². The molecule has 134 valence electrons. The van der Waals surface area contributed by atoms with E-state index in [0.29, 0.717) is 48.7 Å². The van der Waals surface area contributed by atoms with Gasteiger partial charge in [-0.05, 0) is 31.2 Å². The summed E-state index contributed by atoms with van der Waals surface area (Å²) in [5.74, 6) is 0.936. The minimum Gasteiger partial charge on any atom is -0.459 e. The Labute approximate surface area is 150 Å². The largest absolute Gasteiger partial charge is 0.459 e. The SMILES string of the molecule is CC(c1nc2ccccc2c(=O)[nH]1)N1CCN(C(=O)c2ccco2)CC1. The molecule has 1 amide bonds. The van der Waals surface area contributed by atoms with Gasteiger partial charge >= 0.3 is 0 Å². The molecule has 0 aliphatic carbocycles. The lowest BCUT2D eigenvalue weighted by atomic mass is 10.2. The van der Waals surface area contributed by atoms with E-state index < -0.39 is 0 Å². The molecule has 7 heteroatoms. The molecule has 1 fully saturated rings. The predicted molar refractivity (Wildman–Crippen MR) is 97.0 cm³/mol. The molecule has 1 unspecified atom stereocenters. The highest BCUT2D eigenvalue weighted by molar-refractivity contribution is 5.91. The molecule has 0 saturated carbocycles. The van der Waals surface area contributed by atoms with Gasteiger partial charge in [-0.25, -0.2) is 4.98 Å². The number of aromatic nitrogens is 2. The molecule has 0 spiro atoms. The Morgan fingerprint density at radius 3 is 2.65 bits per heavy atom. The summed E-state index contributed by atoms with van der Waals surface area (Å²) >= 11 is 0. The van der Waals surface area contributed by atoms with E-state index in [4.69, 9.17) is 4.42 Å². The molecule has 1 atom stereocenters. The quantitative estimate of drug-likeness (QED) is 0.780. The number of para-hydroxylation sites is 1. The van der Waals surface area contributed by atoms with E-state index in [1.807, 2.05) is 25.1 Å². The van der Waals surface area contributed by atoms with Gasteiger partial charge in [0.1, 0.15) is 5.82 Å². The fraction of sp³-hybridized carbons (Fsp3) is 0.316. The van der Waals surface area contributed by atoms with E-state index in [1.165, 1.54) is 6.26 Å². The fourth-order valence-electron chi connectivity index (χ4n) is 3.34. The van der Waals surface area contributed by atoms with E-state index in [2.05, 4.69) is 14.9 Å². The normalized spacial score (nSPS) is 16.7. The summed E-state index contributed by atoms with van der Waals surface area (Å²) in [5.41, 5.74) is 0.578. The third-order valence-electron chi connectivity index (χ3n) is 4.91. The molecule has 0 bridgehead atoms. The highest BCUT2D eigenvalue weighted by Crippen LogP contribution is 2.20. The molecule has 0 radical (unpaired) electrons. The number of benzene rings is 1. The van der Waals surface area contributed by atoms with E-state index in [0.717, 1.165) is 0 Å². The van der Waals surface area contributed by atoms with Crippen LogP contribution in [-0.4, -0.2) is 51.9 Å². The number of fused-ring (bicyclic) bond motifs is 1. The van der Waals surface area contributed by atoms with Crippen LogP contribution < -0.4 is 5.56 Å². The Bertz CT molecular complexity index is 972. The van der Waals surface area contributed by atoms with Gasteiger partial charge in [0.05, 0.1) is 23.2 Å². The van der Waals surface area contributed by atoms with Crippen molar-refractivity contribution in [3.05, 3.63) is 64.6 Å². The van der Waals surface area contributed by atoms with Crippen LogP contribution in [0, 0.1) is 0 Å². The van der Waals surface area contributed by atoms with Gasteiger partial charge in [-0.2, -0.15) is 0 Å². The van der Waals surface area contributed by atoms with Crippen molar-refractivity contribution in [2.45, 2.75) is 13.0 Å². The lowest BCUT2D eigenvalue weighted by molar-refractivity contribution is 0.0547. The summed E-state index contributed by atoms with van der Waals surface area (Å²) in [6.45, 7) is 4.68. The maximum Gasteiger partial charge on any atom is 0.289 e. The second-order valence-corrected chi connectivity index (χ2v) is 6.45. The molecule has 1 aliphatic heterocycles. The molecular formula is C19H20N4O3. The van der Waals surface area contributed by atoms with Gasteiger partial charge < -0.3 is 14.3 Å². The molecular weight excluding hydrogens is 332 g/mol. The number of aromatic amines is 1. The van der Waals surface area contributed by atoms with Crippen LogP contribution in [0.1, 0.15) is 29.3 Å². The van der Waals surface area contributed by atoms with Gasteiger partial charge in [-0.3, -0.25) is 14.5 Å². The van der Waals surface area contributed by atoms with Gasteiger partial charge in [0.25, 0.3) is 11.5 Å². The average Bonchev–Trinajstić information content (AvgIpc) is 3.22. The summed E-state index contributed by atoms with van der Waals surface area (Å²) in [5, 5.41) is 0.595. The first-order valence-electron chi connectivity index (χ1n) is 8.69. The average molecular weight is 352 g/mol. The van der Waals surface area contributed by atoms with Crippen molar-refractivity contribution in [1.29, 1.82) is 0 Å². The van der Waals surface area contributed by atoms with E-state index >= 15 is 0 Å². The Morgan fingerprint density at radius 2 is 1.92 bits per heavy atom. The van der Waals surface area contributed by atoms with Crippen LogP contribution in [0.4, 0.5) is 0 Å². The van der Waals surface area contributed by atoms with Gasteiger partial charge in [0.15, 0.2) is 5.76 Å². The van der Waals surface area contributed by atoms with Crippen molar-refractivity contribution in [3.63, 3.8) is 0 Å². The molecule has 4 rings (SSSR count). The number of furan rings is 1. The Hall–Kier alpha value is -2.93. The van der Waals surface area contributed by atoms with E-state index in [1.54, 1.807) is 23.1 Å². The summed E-state index contributed by atoms with van der Waals surface area (Å²) in [7, 11) is 0. The number of hydrogen-bond acceptors (Lipinski definition) is 5. The Balaban J connectivity index is 1.48. The van der Waals surface area contributed by atoms with Crippen LogP contribution in [0.5, 0.6) is 0 Å². The summed E-state index contributed by atoms with van der Waals surface area (Å²) in [6.07, 6.45) is 1.51. The maximum absolute atomic E-state index is 12.4. The zero-order valence-electron chi connectivity index (χ0n) is 14.5. The number of carbonyl (C=O) groups is 1. The number of carbonyl (C=O) groups excluding carboxylic acids is 1. The second kappa shape index (κ2) is 6.76. The van der Waals surface area contributed by atoms with E-state index in [9.17, 15) is 9.59 Å². The molecule has 3 heterocycles. The first kappa shape index (κ1) is 16.5. The Kier molecular flexibility index (Phi) is 4.30. The molecule has 1 saturated heterocycles. The number of amides is 1. The molecule has 7 nitrogen and oxygen atoms in total. The predicted octanol–water partition coefficient (Wildman–Crippen LogP) is 2.04. The van der Waals surface area contributed by atoms with Crippen LogP contribution in [0.3, 0.4) is 0 Å². The second-order valence-electron chi connectivity index (χ2n) is 6.45. The minimum atomic E-state index is -0.121. The van der Waals surface area contributed by atoms with Crippen LogP contribution >= 0.6 is 0 Å². The standard InChI is InChI=1S/C19H20N4O3/c1-13(17-20-15-6-3-2-5-14(15)18(24)21-17)22-8-10-23(11-9-22)19(25)16-7-4-12-26-16/h2-7,12-13H,8-11H2,1H3,(H,20,21,24). The topological polar surface area (TPSA) is 82.4 Å². The fourth-order valence-corrected chi connectivity index (χ4v) is 3.34. The van der Waals surface area contributed by atoms with Gasteiger partial charge in [0, 0.05) is 26.2 Å². The smallest absolute Gasteiger partial charge is 0.289 e. The summed E-state index contributed by atoms with van der Waals surface area (Å²) in [6, 6.07) is 10.7. The first-order valence-corrected chi connectivity index (χ1v) is 8.69. The monoisotopic (exact) mass is 352 g/mol. The highest BCUT2D eigenvalue weighted by atomic mass is 16.3. The molecule has 1 aromatic carbocycles. The number of H-pyrrole nitrogens is 1. The van der Waals surface area contributed by atoms with Crippen molar-refractivity contribution < 1.29 is 9.21 Å². The van der Waals surface area contributed by atoms with Crippen molar-refractivity contribution in [3.8, 4) is 0 Å². The number of hydrogen-bond donors (Lipinski definition) is 1. The van der Waals surface area contributed by atoms with Crippen molar-refractivity contribution in [1.82, 2.24) is 19.8 Å². The minimum absolute atomic E-state index is 0.0341. The number of piperazine rings is 1. The summed E-state index contributed by atoms with van der Waals surface area (Å²) < 4.78 is 5.19. The van der Waals surface area contributed by atoms with Crippen molar-refractivity contribution >= 4 is 16.8 Å². The molecule has 2 aromatic heterocycles. The van der Waals surface area contributed by atoms with Crippen LogP contribution in [0.2, 0.25) is 0 Å². The van der Waals surface area contributed by atoms with Gasteiger partial charge in [0.2, 0.25) is 0 Å². The summed E-state index contributed by atoms with van der Waals surface area (Å²) in [4.78, 5) is 36.2. The molecule has 1 N–H and O–H groups in total. The molecule has 1 aliphatic rings. The first-order chi connectivity index (χ1) is 12.6. The third-order valence-corrected chi connectivity index (χ3v) is 4.91. The van der Waals surface area contributed by atoms with Gasteiger partial charge in [-0.1, -0.05) is 12.1 Å². The van der Waals surface area contributed by atoms with E-state index in [-0.39, 0.29) is 17.5 Å². The van der Waals surface area contributed by atoms with Crippen molar-refractivity contribution in [2.24, 2.45) is 0 Å². The molecule has 26 heavy (non-hydrogen) atoms.